The smallest absolute Gasteiger partial charge is 0.247 e. The van der Waals surface area contributed by atoms with Crippen LogP contribution >= 0.6 is 11.6 Å². The summed E-state index contributed by atoms with van der Waals surface area (Å²) in [7, 11) is 0. The Bertz CT molecular complexity index is 695. The van der Waals surface area contributed by atoms with Crippen LogP contribution in [0.1, 0.15) is 38.0 Å². The SMILES string of the molecule is NC(=O)C1(NCc2nnc(-c3cccc(Cl)c3)o2)CCCCC1. The predicted molar refractivity (Wildman–Crippen MR) is 86.6 cm³/mol. The maximum atomic E-state index is 11.8. The fourth-order valence-corrected chi connectivity index (χ4v) is 3.16. The zero-order valence-electron chi connectivity index (χ0n) is 12.7. The van der Waals surface area contributed by atoms with Gasteiger partial charge in [0.1, 0.15) is 0 Å². The normalized spacial score (nSPS) is 17.1. The van der Waals surface area contributed by atoms with Gasteiger partial charge in [-0.2, -0.15) is 0 Å². The van der Waals surface area contributed by atoms with Gasteiger partial charge in [0.15, 0.2) is 0 Å². The van der Waals surface area contributed by atoms with Crippen molar-refractivity contribution in [1.29, 1.82) is 0 Å². The van der Waals surface area contributed by atoms with Crippen molar-refractivity contribution in [2.75, 3.05) is 0 Å². The van der Waals surface area contributed by atoms with Crippen LogP contribution in [0, 0.1) is 0 Å². The Balaban J connectivity index is 1.70. The second kappa shape index (κ2) is 6.68. The molecule has 6 nitrogen and oxygen atoms in total. The first-order chi connectivity index (χ1) is 11.1. The van der Waals surface area contributed by atoms with Gasteiger partial charge in [0.2, 0.25) is 17.7 Å². The number of carbonyl (C=O) groups is 1. The van der Waals surface area contributed by atoms with Crippen molar-refractivity contribution < 1.29 is 9.21 Å². The minimum Gasteiger partial charge on any atom is -0.419 e. The third-order valence-electron chi connectivity index (χ3n) is 4.30. The van der Waals surface area contributed by atoms with E-state index in [4.69, 9.17) is 21.8 Å². The second-order valence-corrected chi connectivity index (χ2v) is 6.31. The summed E-state index contributed by atoms with van der Waals surface area (Å²) in [6.45, 7) is 0.316. The van der Waals surface area contributed by atoms with Crippen LogP contribution in [0.15, 0.2) is 28.7 Å². The van der Waals surface area contributed by atoms with Crippen LogP contribution in [-0.4, -0.2) is 21.6 Å². The molecule has 1 heterocycles. The van der Waals surface area contributed by atoms with Crippen LogP contribution in [-0.2, 0) is 11.3 Å². The lowest BCUT2D eigenvalue weighted by Crippen LogP contribution is -2.56. The quantitative estimate of drug-likeness (QED) is 0.876. The number of carbonyl (C=O) groups excluding carboxylic acids is 1. The van der Waals surface area contributed by atoms with Gasteiger partial charge in [-0.1, -0.05) is 36.9 Å². The summed E-state index contributed by atoms with van der Waals surface area (Å²) in [5, 5.41) is 11.9. The average molecular weight is 335 g/mol. The zero-order valence-corrected chi connectivity index (χ0v) is 13.5. The molecule has 1 fully saturated rings. The maximum Gasteiger partial charge on any atom is 0.247 e. The molecule has 1 aliphatic carbocycles. The Labute approximate surface area is 139 Å². The molecule has 122 valence electrons. The lowest BCUT2D eigenvalue weighted by atomic mass is 9.81. The molecule has 0 aliphatic heterocycles. The second-order valence-electron chi connectivity index (χ2n) is 5.87. The number of nitrogens with zero attached hydrogens (tertiary/aromatic N) is 2. The van der Waals surface area contributed by atoms with Crippen LogP contribution in [0.5, 0.6) is 0 Å². The molecule has 1 aromatic heterocycles. The largest absolute Gasteiger partial charge is 0.419 e. The molecular weight excluding hydrogens is 316 g/mol. The Morgan fingerprint density at radius 1 is 1.30 bits per heavy atom. The highest BCUT2D eigenvalue weighted by Gasteiger charge is 2.37. The van der Waals surface area contributed by atoms with Gasteiger partial charge in [-0.05, 0) is 31.0 Å². The number of primary amides is 1. The molecule has 0 saturated heterocycles. The molecule has 1 amide bonds. The minimum atomic E-state index is -0.664. The van der Waals surface area contributed by atoms with Crippen molar-refractivity contribution in [3.8, 4) is 11.5 Å². The van der Waals surface area contributed by atoms with E-state index in [2.05, 4.69) is 15.5 Å². The summed E-state index contributed by atoms with van der Waals surface area (Å²) in [6.07, 6.45) is 4.62. The molecule has 0 unspecified atom stereocenters. The Hall–Kier alpha value is -1.92. The van der Waals surface area contributed by atoms with Crippen molar-refractivity contribution in [3.63, 3.8) is 0 Å². The van der Waals surface area contributed by atoms with E-state index < -0.39 is 5.54 Å². The van der Waals surface area contributed by atoms with E-state index in [0.717, 1.165) is 37.7 Å². The van der Waals surface area contributed by atoms with Crippen LogP contribution in [0.3, 0.4) is 0 Å². The number of nitrogens with two attached hydrogens (primary N) is 1. The molecule has 0 atom stereocenters. The fraction of sp³-hybridized carbons (Fsp3) is 0.438. The molecule has 0 radical (unpaired) electrons. The molecule has 1 saturated carbocycles. The van der Waals surface area contributed by atoms with Gasteiger partial charge >= 0.3 is 0 Å². The Morgan fingerprint density at radius 3 is 2.78 bits per heavy atom. The van der Waals surface area contributed by atoms with Crippen LogP contribution in [0.2, 0.25) is 5.02 Å². The van der Waals surface area contributed by atoms with Crippen molar-refractivity contribution >= 4 is 17.5 Å². The summed E-state index contributed by atoms with van der Waals surface area (Å²) < 4.78 is 5.65. The fourth-order valence-electron chi connectivity index (χ4n) is 2.97. The molecule has 3 N–H and O–H groups in total. The Kier molecular flexibility index (Phi) is 4.63. The number of amides is 1. The van der Waals surface area contributed by atoms with E-state index in [1.807, 2.05) is 12.1 Å². The molecule has 1 aliphatic rings. The summed E-state index contributed by atoms with van der Waals surface area (Å²) >= 11 is 5.96. The van der Waals surface area contributed by atoms with E-state index in [-0.39, 0.29) is 5.91 Å². The molecule has 7 heteroatoms. The number of aromatic nitrogens is 2. The standard InChI is InChI=1S/C16H19ClN4O2/c17-12-6-4-5-11(9-12)14-21-20-13(23-14)10-19-16(15(18)22)7-2-1-3-8-16/h4-6,9,19H,1-3,7-8,10H2,(H2,18,22). The number of hydrogen-bond donors (Lipinski definition) is 2. The van der Waals surface area contributed by atoms with Crippen LogP contribution in [0.4, 0.5) is 0 Å². The maximum absolute atomic E-state index is 11.8. The molecule has 23 heavy (non-hydrogen) atoms. The first-order valence-electron chi connectivity index (χ1n) is 7.72. The van der Waals surface area contributed by atoms with Gasteiger partial charge in [-0.15, -0.1) is 10.2 Å². The average Bonchev–Trinajstić information content (AvgIpc) is 3.03. The van der Waals surface area contributed by atoms with Crippen LogP contribution < -0.4 is 11.1 Å². The first kappa shape index (κ1) is 16.0. The monoisotopic (exact) mass is 334 g/mol. The Morgan fingerprint density at radius 2 is 2.09 bits per heavy atom. The third-order valence-corrected chi connectivity index (χ3v) is 4.53. The first-order valence-corrected chi connectivity index (χ1v) is 8.10. The molecular formula is C16H19ClN4O2. The van der Waals surface area contributed by atoms with Crippen molar-refractivity contribution in [1.82, 2.24) is 15.5 Å². The zero-order chi connectivity index (χ0) is 16.3. The highest BCUT2D eigenvalue weighted by molar-refractivity contribution is 6.30. The van der Waals surface area contributed by atoms with E-state index in [1.165, 1.54) is 0 Å². The molecule has 0 bridgehead atoms. The number of hydrogen-bond acceptors (Lipinski definition) is 5. The lowest BCUT2D eigenvalue weighted by Gasteiger charge is -2.34. The van der Waals surface area contributed by atoms with E-state index in [1.54, 1.807) is 12.1 Å². The van der Waals surface area contributed by atoms with Gasteiger partial charge < -0.3 is 10.2 Å². The van der Waals surface area contributed by atoms with E-state index >= 15 is 0 Å². The third kappa shape index (κ3) is 3.54. The highest BCUT2D eigenvalue weighted by atomic mass is 35.5. The van der Waals surface area contributed by atoms with Crippen molar-refractivity contribution in [3.05, 3.63) is 35.2 Å². The molecule has 2 aromatic rings. The number of halogens is 1. The summed E-state index contributed by atoms with van der Waals surface area (Å²) in [5.74, 6) is 0.513. The lowest BCUT2D eigenvalue weighted by molar-refractivity contribution is -0.125. The molecule has 3 rings (SSSR count). The highest BCUT2D eigenvalue weighted by Crippen LogP contribution is 2.28. The van der Waals surface area contributed by atoms with Crippen molar-refractivity contribution in [2.45, 2.75) is 44.2 Å². The predicted octanol–water partition coefficient (Wildman–Crippen LogP) is 2.67. The van der Waals surface area contributed by atoms with Gasteiger partial charge in [0.05, 0.1) is 12.1 Å². The summed E-state index contributed by atoms with van der Waals surface area (Å²) in [6, 6.07) is 7.22. The van der Waals surface area contributed by atoms with Crippen molar-refractivity contribution in [2.24, 2.45) is 5.73 Å². The van der Waals surface area contributed by atoms with Gasteiger partial charge in [-0.3, -0.25) is 10.1 Å². The molecule has 0 spiro atoms. The minimum absolute atomic E-state index is 0.313. The topological polar surface area (TPSA) is 94.0 Å². The molecule has 1 aromatic carbocycles. The number of rotatable bonds is 5. The van der Waals surface area contributed by atoms with E-state index in [9.17, 15) is 4.79 Å². The number of benzene rings is 1. The van der Waals surface area contributed by atoms with Gasteiger partial charge in [0, 0.05) is 10.6 Å². The van der Waals surface area contributed by atoms with Crippen LogP contribution in [0.25, 0.3) is 11.5 Å². The number of nitrogens with one attached hydrogen (secondary N) is 1. The van der Waals surface area contributed by atoms with E-state index in [0.29, 0.717) is 23.3 Å². The summed E-state index contributed by atoms with van der Waals surface area (Å²) in [4.78, 5) is 11.8. The van der Waals surface area contributed by atoms with Gasteiger partial charge in [-0.25, -0.2) is 0 Å². The summed E-state index contributed by atoms with van der Waals surface area (Å²) in [5.41, 5.74) is 5.70. The van der Waals surface area contributed by atoms with Gasteiger partial charge in [0.25, 0.3) is 0 Å².